The molecule has 4 heteroatoms. The summed E-state index contributed by atoms with van der Waals surface area (Å²) in [6, 6.07) is 7.04. The van der Waals surface area contributed by atoms with Crippen molar-refractivity contribution in [1.82, 2.24) is 0 Å². The maximum absolute atomic E-state index is 6.29. The lowest BCUT2D eigenvalue weighted by molar-refractivity contribution is 0.430. The fourth-order valence-electron chi connectivity index (χ4n) is 2.28. The minimum Gasteiger partial charge on any atom is -0.368 e. The van der Waals surface area contributed by atoms with E-state index in [0.29, 0.717) is 12.1 Å². The summed E-state index contributed by atoms with van der Waals surface area (Å²) in [5.41, 5.74) is 7.11. The van der Waals surface area contributed by atoms with Crippen LogP contribution >= 0.6 is 34.2 Å². The van der Waals surface area contributed by atoms with Crippen LogP contribution in [0.3, 0.4) is 0 Å². The lowest BCUT2D eigenvalue weighted by Crippen LogP contribution is -2.45. The van der Waals surface area contributed by atoms with Crippen LogP contribution in [0.25, 0.3) is 0 Å². The molecule has 16 heavy (non-hydrogen) atoms. The van der Waals surface area contributed by atoms with Gasteiger partial charge in [0.25, 0.3) is 0 Å². The van der Waals surface area contributed by atoms with Crippen molar-refractivity contribution in [3.05, 3.63) is 26.8 Å². The number of piperidine rings is 1. The molecule has 2 nitrogen and oxygen atoms in total. The first-order valence-corrected chi connectivity index (χ1v) is 7.01. The Kier molecular flexibility index (Phi) is 3.97. The fourth-order valence-corrected chi connectivity index (χ4v) is 3.24. The van der Waals surface area contributed by atoms with Crippen LogP contribution in [0.2, 0.25) is 5.02 Å². The number of nitrogens with two attached hydrogens (primary N) is 1. The number of hydrogen-bond donors (Lipinski definition) is 1. The van der Waals surface area contributed by atoms with E-state index in [0.717, 1.165) is 30.1 Å². The molecule has 1 saturated heterocycles. The molecule has 1 aliphatic rings. The number of hydrogen-bond acceptors (Lipinski definition) is 2. The Labute approximate surface area is 115 Å². The van der Waals surface area contributed by atoms with Gasteiger partial charge >= 0.3 is 0 Å². The van der Waals surface area contributed by atoms with Gasteiger partial charge in [-0.25, -0.2) is 0 Å². The van der Waals surface area contributed by atoms with Crippen molar-refractivity contribution in [3.63, 3.8) is 0 Å². The molecule has 1 aromatic rings. The molecule has 88 valence electrons. The molecule has 2 N–H and O–H groups in total. The largest absolute Gasteiger partial charge is 0.368 e. The van der Waals surface area contributed by atoms with Crippen LogP contribution in [0.5, 0.6) is 0 Å². The summed E-state index contributed by atoms with van der Waals surface area (Å²) in [7, 11) is 0. The maximum Gasteiger partial charge on any atom is 0.0650 e. The molecule has 0 spiro atoms. The van der Waals surface area contributed by atoms with Crippen molar-refractivity contribution in [2.45, 2.75) is 31.8 Å². The summed E-state index contributed by atoms with van der Waals surface area (Å²) in [6.07, 6.45) is 2.09. The second kappa shape index (κ2) is 5.10. The van der Waals surface area contributed by atoms with Gasteiger partial charge in [-0.1, -0.05) is 11.6 Å². The first-order chi connectivity index (χ1) is 7.58. The highest BCUT2D eigenvalue weighted by Gasteiger charge is 2.24. The van der Waals surface area contributed by atoms with Gasteiger partial charge in [0.2, 0.25) is 0 Å². The van der Waals surface area contributed by atoms with Crippen LogP contribution in [0.15, 0.2) is 18.2 Å². The Morgan fingerprint density at radius 3 is 2.88 bits per heavy atom. The normalized spacial score (nSPS) is 25.9. The molecular weight excluding hydrogens is 335 g/mol. The molecule has 1 aliphatic heterocycles. The zero-order valence-electron chi connectivity index (χ0n) is 9.29. The molecule has 0 aromatic heterocycles. The predicted octanol–water partition coefficient (Wildman–Crippen LogP) is 3.26. The van der Waals surface area contributed by atoms with Crippen molar-refractivity contribution in [1.29, 1.82) is 0 Å². The smallest absolute Gasteiger partial charge is 0.0650 e. The highest BCUT2D eigenvalue weighted by molar-refractivity contribution is 14.1. The second-order valence-corrected chi connectivity index (χ2v) is 6.08. The van der Waals surface area contributed by atoms with Gasteiger partial charge in [-0.15, -0.1) is 0 Å². The quantitative estimate of drug-likeness (QED) is 0.788. The maximum atomic E-state index is 6.29. The number of benzene rings is 1. The standard InChI is InChI=1S/C12H16ClIN2/c1-8-6-10(15)4-5-16(8)12-3-2-9(14)7-11(12)13/h2-3,7-8,10H,4-6,15H2,1H3. The minimum atomic E-state index is 0.342. The van der Waals surface area contributed by atoms with E-state index in [2.05, 4.69) is 46.5 Å². The number of rotatable bonds is 1. The zero-order valence-corrected chi connectivity index (χ0v) is 12.2. The molecule has 1 aromatic carbocycles. The third kappa shape index (κ3) is 2.63. The SMILES string of the molecule is CC1CC(N)CCN1c1ccc(I)cc1Cl. The molecule has 1 heterocycles. The molecule has 2 atom stereocenters. The van der Waals surface area contributed by atoms with Crippen LogP contribution in [-0.2, 0) is 0 Å². The van der Waals surface area contributed by atoms with Crippen molar-refractivity contribution in [2.75, 3.05) is 11.4 Å². The summed E-state index contributed by atoms with van der Waals surface area (Å²) >= 11 is 8.57. The fraction of sp³-hybridized carbons (Fsp3) is 0.500. The van der Waals surface area contributed by atoms with Gasteiger partial charge < -0.3 is 10.6 Å². The lowest BCUT2D eigenvalue weighted by atomic mass is 9.98. The van der Waals surface area contributed by atoms with Gasteiger partial charge in [0.1, 0.15) is 0 Å². The second-order valence-electron chi connectivity index (χ2n) is 4.42. The molecule has 0 saturated carbocycles. The van der Waals surface area contributed by atoms with Gasteiger partial charge in [0.05, 0.1) is 10.7 Å². The molecule has 2 unspecified atom stereocenters. The summed E-state index contributed by atoms with van der Waals surface area (Å²) in [5.74, 6) is 0. The van der Waals surface area contributed by atoms with Gasteiger partial charge in [-0.05, 0) is 60.6 Å². The Hall–Kier alpha value is -0.0000000000000000555. The molecule has 0 aliphatic carbocycles. The average molecular weight is 351 g/mol. The minimum absolute atomic E-state index is 0.342. The van der Waals surface area contributed by atoms with Crippen LogP contribution in [0, 0.1) is 3.57 Å². The van der Waals surface area contributed by atoms with E-state index in [1.807, 2.05) is 6.07 Å². The highest BCUT2D eigenvalue weighted by atomic mass is 127. The molecular formula is C12H16ClIN2. The van der Waals surface area contributed by atoms with Crippen LogP contribution in [0.1, 0.15) is 19.8 Å². The lowest BCUT2D eigenvalue weighted by Gasteiger charge is -2.38. The van der Waals surface area contributed by atoms with Crippen molar-refractivity contribution < 1.29 is 0 Å². The third-order valence-corrected chi connectivity index (χ3v) is 4.11. The van der Waals surface area contributed by atoms with E-state index in [-0.39, 0.29) is 0 Å². The van der Waals surface area contributed by atoms with Gasteiger partial charge in [-0.3, -0.25) is 0 Å². The zero-order chi connectivity index (χ0) is 11.7. The summed E-state index contributed by atoms with van der Waals surface area (Å²) in [4.78, 5) is 2.36. The molecule has 2 rings (SSSR count). The van der Waals surface area contributed by atoms with Crippen molar-refractivity contribution in [2.24, 2.45) is 5.73 Å². The Balaban J connectivity index is 2.23. The van der Waals surface area contributed by atoms with Crippen LogP contribution in [0.4, 0.5) is 5.69 Å². The Bertz CT molecular complexity index is 383. The van der Waals surface area contributed by atoms with Crippen molar-refractivity contribution in [3.8, 4) is 0 Å². The average Bonchev–Trinajstić information content (AvgIpc) is 2.19. The molecule has 0 bridgehead atoms. The number of nitrogens with zero attached hydrogens (tertiary/aromatic N) is 1. The summed E-state index contributed by atoms with van der Waals surface area (Å²) in [5, 5.41) is 0.842. The van der Waals surface area contributed by atoms with E-state index >= 15 is 0 Å². The summed E-state index contributed by atoms with van der Waals surface area (Å²) in [6.45, 7) is 3.22. The van der Waals surface area contributed by atoms with Gasteiger partial charge in [-0.2, -0.15) is 0 Å². The van der Waals surface area contributed by atoms with E-state index in [1.54, 1.807) is 0 Å². The highest BCUT2D eigenvalue weighted by Crippen LogP contribution is 2.31. The molecule has 1 fully saturated rings. The molecule has 0 radical (unpaired) electrons. The Morgan fingerprint density at radius 1 is 1.50 bits per heavy atom. The van der Waals surface area contributed by atoms with Gasteiger partial charge in [0, 0.05) is 22.2 Å². The first kappa shape index (κ1) is 12.5. The van der Waals surface area contributed by atoms with E-state index < -0.39 is 0 Å². The van der Waals surface area contributed by atoms with E-state index in [1.165, 1.54) is 3.57 Å². The summed E-state index contributed by atoms with van der Waals surface area (Å²) < 4.78 is 1.17. The number of anilines is 1. The van der Waals surface area contributed by atoms with E-state index in [4.69, 9.17) is 17.3 Å². The van der Waals surface area contributed by atoms with E-state index in [9.17, 15) is 0 Å². The number of halogens is 2. The Morgan fingerprint density at radius 2 is 2.25 bits per heavy atom. The van der Waals surface area contributed by atoms with Crippen molar-refractivity contribution >= 4 is 39.9 Å². The van der Waals surface area contributed by atoms with Crippen LogP contribution < -0.4 is 10.6 Å². The first-order valence-electron chi connectivity index (χ1n) is 5.55. The predicted molar refractivity (Wildman–Crippen MR) is 78.2 cm³/mol. The topological polar surface area (TPSA) is 29.3 Å². The third-order valence-electron chi connectivity index (χ3n) is 3.14. The molecule has 0 amide bonds. The monoisotopic (exact) mass is 350 g/mol. The van der Waals surface area contributed by atoms with Gasteiger partial charge in [0.15, 0.2) is 0 Å². The van der Waals surface area contributed by atoms with Crippen LogP contribution in [-0.4, -0.2) is 18.6 Å².